The topological polar surface area (TPSA) is 85.9 Å². The zero-order valence-corrected chi connectivity index (χ0v) is 15.1. The lowest BCUT2D eigenvalue weighted by Crippen LogP contribution is -2.48. The highest BCUT2D eigenvalue weighted by Gasteiger charge is 2.23. The van der Waals surface area contributed by atoms with Crippen molar-refractivity contribution in [1.82, 2.24) is 10.6 Å². The Morgan fingerprint density at radius 1 is 1.00 bits per heavy atom. The fourth-order valence-electron chi connectivity index (χ4n) is 2.28. The Morgan fingerprint density at radius 2 is 1.54 bits per heavy atom. The van der Waals surface area contributed by atoms with Crippen LogP contribution in [0.4, 0.5) is 0 Å². The molecular weight excluding hydrogens is 312 g/mol. The Hall–Kier alpha value is -2.44. The van der Waals surface area contributed by atoms with E-state index in [1.165, 1.54) is 14.0 Å². The maximum Gasteiger partial charge on any atom is 0.243 e. The van der Waals surface area contributed by atoms with Crippen molar-refractivity contribution in [1.29, 1.82) is 0 Å². The highest BCUT2D eigenvalue weighted by atomic mass is 16.5. The number of benzene rings is 1. The molecule has 134 valence electrons. The van der Waals surface area contributed by atoms with E-state index in [-0.39, 0.29) is 24.3 Å². The zero-order chi connectivity index (χ0) is 18.3. The van der Waals surface area contributed by atoms with Crippen LogP contribution in [-0.2, 0) is 16.1 Å². The van der Waals surface area contributed by atoms with E-state index in [1.54, 1.807) is 26.4 Å². The molecule has 1 rings (SSSR count). The van der Waals surface area contributed by atoms with Gasteiger partial charge in [-0.2, -0.15) is 0 Å². The average Bonchev–Trinajstić information content (AvgIpc) is 2.56. The van der Waals surface area contributed by atoms with E-state index < -0.39 is 6.04 Å². The van der Waals surface area contributed by atoms with Crippen LogP contribution in [-0.4, -0.2) is 39.2 Å². The molecule has 0 fully saturated rings. The van der Waals surface area contributed by atoms with Crippen molar-refractivity contribution >= 4 is 11.8 Å². The van der Waals surface area contributed by atoms with E-state index in [0.29, 0.717) is 17.2 Å². The molecule has 0 saturated carbocycles. The van der Waals surface area contributed by atoms with Gasteiger partial charge in [-0.05, 0) is 12.0 Å². The second-order valence-corrected chi connectivity index (χ2v) is 5.66. The van der Waals surface area contributed by atoms with Crippen molar-refractivity contribution < 1.29 is 23.8 Å². The summed E-state index contributed by atoms with van der Waals surface area (Å²) in [6.07, 6.45) is 0. The van der Waals surface area contributed by atoms with Gasteiger partial charge in [-0.15, -0.1) is 0 Å². The molecule has 0 unspecified atom stereocenters. The van der Waals surface area contributed by atoms with Gasteiger partial charge in [0.15, 0.2) is 11.5 Å². The van der Waals surface area contributed by atoms with Crippen LogP contribution in [0.15, 0.2) is 12.1 Å². The van der Waals surface area contributed by atoms with E-state index in [0.717, 1.165) is 5.56 Å². The fraction of sp³-hybridized carbons (Fsp3) is 0.529. The molecule has 0 aliphatic heterocycles. The molecule has 1 atom stereocenters. The molecular formula is C17H26N2O5. The van der Waals surface area contributed by atoms with Crippen LogP contribution in [0.25, 0.3) is 0 Å². The Kier molecular flexibility index (Phi) is 7.35. The maximum absolute atomic E-state index is 12.3. The third-order valence-electron chi connectivity index (χ3n) is 3.55. The molecule has 7 nitrogen and oxygen atoms in total. The van der Waals surface area contributed by atoms with Crippen molar-refractivity contribution in [2.24, 2.45) is 5.92 Å². The number of amides is 2. The van der Waals surface area contributed by atoms with Gasteiger partial charge in [-0.25, -0.2) is 0 Å². The minimum Gasteiger partial charge on any atom is -0.496 e. The first-order valence-electron chi connectivity index (χ1n) is 7.67. The third kappa shape index (κ3) is 5.04. The second-order valence-electron chi connectivity index (χ2n) is 5.66. The summed E-state index contributed by atoms with van der Waals surface area (Å²) in [6, 6.07) is 2.86. The fourth-order valence-corrected chi connectivity index (χ4v) is 2.28. The molecule has 7 heteroatoms. The van der Waals surface area contributed by atoms with Gasteiger partial charge in [0, 0.05) is 25.1 Å². The first-order chi connectivity index (χ1) is 11.3. The molecule has 0 radical (unpaired) electrons. The first-order valence-corrected chi connectivity index (χ1v) is 7.67. The molecule has 24 heavy (non-hydrogen) atoms. The summed E-state index contributed by atoms with van der Waals surface area (Å²) in [4.78, 5) is 23.6. The summed E-state index contributed by atoms with van der Waals surface area (Å²) in [7, 11) is 4.62. The number of ether oxygens (including phenoxy) is 3. The molecule has 0 heterocycles. The number of hydrogen-bond donors (Lipinski definition) is 2. The monoisotopic (exact) mass is 338 g/mol. The molecule has 0 aliphatic rings. The van der Waals surface area contributed by atoms with Crippen LogP contribution in [0.5, 0.6) is 17.2 Å². The van der Waals surface area contributed by atoms with Crippen molar-refractivity contribution in [3.8, 4) is 17.2 Å². The quantitative estimate of drug-likeness (QED) is 0.750. The van der Waals surface area contributed by atoms with Crippen molar-refractivity contribution in [2.45, 2.75) is 33.4 Å². The predicted octanol–water partition coefficient (Wildman–Crippen LogP) is 1.49. The van der Waals surface area contributed by atoms with Gasteiger partial charge >= 0.3 is 0 Å². The Bertz CT molecular complexity index is 587. The molecule has 0 saturated heterocycles. The second kappa shape index (κ2) is 9.00. The minimum atomic E-state index is -0.589. The van der Waals surface area contributed by atoms with Crippen LogP contribution in [0.3, 0.4) is 0 Å². The summed E-state index contributed by atoms with van der Waals surface area (Å²) >= 11 is 0. The molecule has 0 aliphatic carbocycles. The van der Waals surface area contributed by atoms with Crippen LogP contribution >= 0.6 is 0 Å². The smallest absolute Gasteiger partial charge is 0.243 e. The Labute approximate surface area is 142 Å². The Morgan fingerprint density at radius 3 is 2.00 bits per heavy atom. The molecule has 0 bridgehead atoms. The molecule has 2 N–H and O–H groups in total. The molecule has 0 aromatic heterocycles. The van der Waals surface area contributed by atoms with Gasteiger partial charge in [-0.3, -0.25) is 9.59 Å². The van der Waals surface area contributed by atoms with Gasteiger partial charge in [0.1, 0.15) is 11.8 Å². The highest BCUT2D eigenvalue weighted by Crippen LogP contribution is 2.34. The first kappa shape index (κ1) is 19.6. The zero-order valence-electron chi connectivity index (χ0n) is 15.1. The van der Waals surface area contributed by atoms with Crippen LogP contribution < -0.4 is 24.8 Å². The van der Waals surface area contributed by atoms with Crippen molar-refractivity contribution in [2.75, 3.05) is 21.3 Å². The summed E-state index contributed by atoms with van der Waals surface area (Å²) in [6.45, 7) is 5.37. The lowest BCUT2D eigenvalue weighted by Gasteiger charge is -2.21. The predicted molar refractivity (Wildman–Crippen MR) is 90.4 cm³/mol. The van der Waals surface area contributed by atoms with E-state index >= 15 is 0 Å². The summed E-state index contributed by atoms with van der Waals surface area (Å²) in [5, 5.41) is 5.48. The summed E-state index contributed by atoms with van der Waals surface area (Å²) in [5.41, 5.74) is 0.744. The van der Waals surface area contributed by atoms with Crippen molar-refractivity contribution in [3.05, 3.63) is 17.7 Å². The van der Waals surface area contributed by atoms with E-state index in [1.807, 2.05) is 13.8 Å². The van der Waals surface area contributed by atoms with Gasteiger partial charge in [0.05, 0.1) is 21.3 Å². The average molecular weight is 338 g/mol. The molecule has 1 aromatic rings. The Balaban J connectivity index is 2.92. The molecule has 1 aromatic carbocycles. The van der Waals surface area contributed by atoms with Gasteiger partial charge in [0.2, 0.25) is 11.8 Å². The third-order valence-corrected chi connectivity index (χ3v) is 3.55. The minimum absolute atomic E-state index is 0.0267. The van der Waals surface area contributed by atoms with E-state index in [4.69, 9.17) is 14.2 Å². The lowest BCUT2D eigenvalue weighted by atomic mass is 10.0. The standard InChI is InChI=1S/C17H26N2O5/c1-10(2)16(19-11(3)20)17(21)18-9-12-7-14(23-5)15(24-6)8-13(12)22-4/h7-8,10,16H,9H2,1-6H3,(H,18,21)(H,19,20)/t16-/m0/s1. The van der Waals surface area contributed by atoms with Crippen molar-refractivity contribution in [3.63, 3.8) is 0 Å². The van der Waals surface area contributed by atoms with Crippen LogP contribution in [0, 0.1) is 5.92 Å². The SMILES string of the molecule is COc1cc(OC)c(OC)cc1CNC(=O)[C@@H](NC(C)=O)C(C)C. The summed E-state index contributed by atoms with van der Waals surface area (Å²) in [5.74, 6) is 1.15. The maximum atomic E-state index is 12.3. The van der Waals surface area contributed by atoms with E-state index in [9.17, 15) is 9.59 Å². The number of carbonyl (C=O) groups excluding carboxylic acids is 2. The largest absolute Gasteiger partial charge is 0.496 e. The molecule has 0 spiro atoms. The van der Waals surface area contributed by atoms with Gasteiger partial charge < -0.3 is 24.8 Å². The van der Waals surface area contributed by atoms with Crippen LogP contribution in [0.2, 0.25) is 0 Å². The number of methoxy groups -OCH3 is 3. The number of nitrogens with one attached hydrogen (secondary N) is 2. The van der Waals surface area contributed by atoms with Gasteiger partial charge in [0.25, 0.3) is 0 Å². The molecule has 2 amide bonds. The van der Waals surface area contributed by atoms with Crippen LogP contribution in [0.1, 0.15) is 26.3 Å². The van der Waals surface area contributed by atoms with E-state index in [2.05, 4.69) is 10.6 Å². The number of carbonyl (C=O) groups is 2. The number of rotatable bonds is 8. The lowest BCUT2D eigenvalue weighted by molar-refractivity contribution is -0.129. The summed E-state index contributed by atoms with van der Waals surface area (Å²) < 4.78 is 15.8. The number of hydrogen-bond acceptors (Lipinski definition) is 5. The normalized spacial score (nSPS) is 11.6. The highest BCUT2D eigenvalue weighted by molar-refractivity contribution is 5.87. The van der Waals surface area contributed by atoms with Gasteiger partial charge in [-0.1, -0.05) is 13.8 Å².